The number of hydrogen-bond donors (Lipinski definition) is 1. The summed E-state index contributed by atoms with van der Waals surface area (Å²) in [7, 11) is 0. The van der Waals surface area contributed by atoms with Gasteiger partial charge >= 0.3 is 0 Å². The predicted molar refractivity (Wildman–Crippen MR) is 137 cm³/mol. The first-order valence-electron chi connectivity index (χ1n) is 12.7. The summed E-state index contributed by atoms with van der Waals surface area (Å²) in [5, 5.41) is 19.6. The Kier molecular flexibility index (Phi) is 5.87. The quantitative estimate of drug-likeness (QED) is 0.579. The normalized spacial score (nSPS) is 24.3. The molecule has 1 saturated carbocycles. The monoisotopic (exact) mass is 486 g/mol. The second-order valence-corrected chi connectivity index (χ2v) is 11.9. The molecule has 0 unspecified atom stereocenters. The third kappa shape index (κ3) is 4.48. The summed E-state index contributed by atoms with van der Waals surface area (Å²) in [5.41, 5.74) is 2.12. The number of aromatic nitrogens is 4. The fraction of sp³-hybridized carbons (Fsp3) is 0.536. The van der Waals surface area contributed by atoms with Gasteiger partial charge in [-0.3, -0.25) is 14.7 Å². The van der Waals surface area contributed by atoms with Crippen LogP contribution in [-0.4, -0.2) is 37.1 Å². The van der Waals surface area contributed by atoms with E-state index >= 15 is 0 Å². The number of piperidine rings is 1. The SMILES string of the molecule is CC(C)(O)c1cnc(N2C[C@]3(CCC2=O)CCC(C)(C)[C@H](Cn2cnc4ccc(C#N)cc42)C3)cn1. The van der Waals surface area contributed by atoms with E-state index in [4.69, 9.17) is 0 Å². The van der Waals surface area contributed by atoms with Crippen molar-refractivity contribution < 1.29 is 9.90 Å². The summed E-state index contributed by atoms with van der Waals surface area (Å²) in [5.74, 6) is 1.03. The molecule has 188 valence electrons. The third-order valence-electron chi connectivity index (χ3n) is 8.46. The zero-order valence-electron chi connectivity index (χ0n) is 21.5. The number of amides is 1. The minimum atomic E-state index is -1.08. The standard InChI is InChI=1S/C28H34N6O2/c1-26(2)9-10-28(12-20(26)16-33-18-32-21-6-5-19(13-29)11-22(21)33)8-7-25(35)34(17-28)24-15-30-23(14-31-24)27(3,4)36/h5-6,11,14-15,18,20,36H,7-10,12,16-17H2,1-4H3/t20-,28+/m0/s1. The first-order valence-corrected chi connectivity index (χ1v) is 12.7. The number of imidazole rings is 1. The van der Waals surface area contributed by atoms with Crippen LogP contribution >= 0.6 is 0 Å². The van der Waals surface area contributed by atoms with Crippen LogP contribution in [0.15, 0.2) is 36.9 Å². The van der Waals surface area contributed by atoms with Crippen molar-refractivity contribution in [3.63, 3.8) is 0 Å². The number of rotatable bonds is 4. The molecule has 1 spiro atoms. The highest BCUT2D eigenvalue weighted by atomic mass is 16.3. The van der Waals surface area contributed by atoms with Crippen LogP contribution in [0.4, 0.5) is 5.82 Å². The van der Waals surface area contributed by atoms with Gasteiger partial charge in [0.2, 0.25) is 5.91 Å². The number of hydrogen-bond acceptors (Lipinski definition) is 6. The summed E-state index contributed by atoms with van der Waals surface area (Å²) >= 11 is 0. The van der Waals surface area contributed by atoms with Crippen molar-refractivity contribution in [1.29, 1.82) is 5.26 Å². The van der Waals surface area contributed by atoms with Gasteiger partial charge in [-0.05, 0) is 74.5 Å². The zero-order chi connectivity index (χ0) is 25.7. The molecule has 5 rings (SSSR count). The summed E-state index contributed by atoms with van der Waals surface area (Å²) in [6, 6.07) is 7.88. The maximum absolute atomic E-state index is 12.9. The Morgan fingerprint density at radius 3 is 2.67 bits per heavy atom. The molecule has 1 aromatic carbocycles. The van der Waals surface area contributed by atoms with E-state index in [1.54, 1.807) is 31.1 Å². The number of anilines is 1. The van der Waals surface area contributed by atoms with Crippen LogP contribution in [0.2, 0.25) is 0 Å². The van der Waals surface area contributed by atoms with Gasteiger partial charge in [-0.25, -0.2) is 9.97 Å². The first kappa shape index (κ1) is 24.4. The third-order valence-corrected chi connectivity index (χ3v) is 8.46. The molecule has 2 atom stereocenters. The van der Waals surface area contributed by atoms with Crippen molar-refractivity contribution in [2.45, 2.75) is 71.9 Å². The highest BCUT2D eigenvalue weighted by Crippen LogP contribution is 2.53. The fourth-order valence-corrected chi connectivity index (χ4v) is 5.88. The second kappa shape index (κ2) is 8.67. The van der Waals surface area contributed by atoms with E-state index in [1.807, 2.05) is 24.5 Å². The average Bonchev–Trinajstić information content (AvgIpc) is 3.25. The first-order chi connectivity index (χ1) is 17.0. The highest BCUT2D eigenvalue weighted by molar-refractivity contribution is 5.93. The topological polar surface area (TPSA) is 108 Å². The van der Waals surface area contributed by atoms with Gasteiger partial charge in [0.25, 0.3) is 0 Å². The number of aliphatic hydroxyl groups is 1. The van der Waals surface area contributed by atoms with Crippen LogP contribution in [0.1, 0.15) is 71.1 Å². The molecule has 2 aromatic heterocycles. The predicted octanol–water partition coefficient (Wildman–Crippen LogP) is 4.57. The molecule has 2 aliphatic rings. The van der Waals surface area contributed by atoms with Gasteiger partial charge in [-0.15, -0.1) is 0 Å². The van der Waals surface area contributed by atoms with Crippen LogP contribution in [0.5, 0.6) is 0 Å². The van der Waals surface area contributed by atoms with Crippen LogP contribution in [0, 0.1) is 28.1 Å². The van der Waals surface area contributed by atoms with E-state index < -0.39 is 5.60 Å². The molecular weight excluding hydrogens is 452 g/mol. The van der Waals surface area contributed by atoms with E-state index in [1.165, 1.54) is 0 Å². The van der Waals surface area contributed by atoms with Crippen LogP contribution in [0.25, 0.3) is 11.0 Å². The van der Waals surface area contributed by atoms with Gasteiger partial charge in [0.15, 0.2) is 5.82 Å². The van der Waals surface area contributed by atoms with E-state index in [9.17, 15) is 15.2 Å². The molecule has 0 bridgehead atoms. The van der Waals surface area contributed by atoms with E-state index in [-0.39, 0.29) is 16.7 Å². The Labute approximate surface area is 212 Å². The highest BCUT2D eigenvalue weighted by Gasteiger charge is 2.48. The summed E-state index contributed by atoms with van der Waals surface area (Å²) in [4.78, 5) is 28.2. The van der Waals surface area contributed by atoms with Crippen LogP contribution in [0.3, 0.4) is 0 Å². The number of nitriles is 1. The lowest BCUT2D eigenvalue weighted by Gasteiger charge is -2.52. The van der Waals surface area contributed by atoms with Gasteiger partial charge in [0, 0.05) is 19.5 Å². The lowest BCUT2D eigenvalue weighted by Crippen LogP contribution is -2.51. The second-order valence-electron chi connectivity index (χ2n) is 11.9. The average molecular weight is 487 g/mol. The van der Waals surface area contributed by atoms with Crippen molar-refractivity contribution in [3.05, 3.63) is 48.2 Å². The van der Waals surface area contributed by atoms with Gasteiger partial charge in [0.05, 0.1) is 47.1 Å². The number of fused-ring (bicyclic) bond motifs is 1. The molecular formula is C28H34N6O2. The molecule has 2 fully saturated rings. The van der Waals surface area contributed by atoms with E-state index in [0.717, 1.165) is 43.3 Å². The minimum Gasteiger partial charge on any atom is -0.384 e. The number of nitrogens with zero attached hydrogens (tertiary/aromatic N) is 6. The maximum Gasteiger partial charge on any atom is 0.228 e. The number of carbonyl (C=O) groups excluding carboxylic acids is 1. The largest absolute Gasteiger partial charge is 0.384 e. The smallest absolute Gasteiger partial charge is 0.228 e. The zero-order valence-corrected chi connectivity index (χ0v) is 21.5. The Morgan fingerprint density at radius 2 is 1.97 bits per heavy atom. The molecule has 8 heteroatoms. The molecule has 3 heterocycles. The van der Waals surface area contributed by atoms with Gasteiger partial charge in [0.1, 0.15) is 5.60 Å². The molecule has 0 radical (unpaired) electrons. The van der Waals surface area contributed by atoms with Crippen molar-refractivity contribution in [1.82, 2.24) is 19.5 Å². The van der Waals surface area contributed by atoms with Gasteiger partial charge in [-0.1, -0.05) is 13.8 Å². The Bertz CT molecular complexity index is 1330. The number of carbonyl (C=O) groups is 1. The molecule has 3 aromatic rings. The molecule has 1 aliphatic heterocycles. The van der Waals surface area contributed by atoms with Gasteiger partial charge in [-0.2, -0.15) is 5.26 Å². The summed E-state index contributed by atoms with van der Waals surface area (Å²) < 4.78 is 2.19. The molecule has 36 heavy (non-hydrogen) atoms. The van der Waals surface area contributed by atoms with E-state index in [0.29, 0.717) is 36.0 Å². The van der Waals surface area contributed by atoms with Crippen molar-refractivity contribution >= 4 is 22.8 Å². The Balaban J connectivity index is 1.40. The molecule has 1 aliphatic carbocycles. The lowest BCUT2D eigenvalue weighted by atomic mass is 9.57. The van der Waals surface area contributed by atoms with Crippen LogP contribution in [-0.2, 0) is 16.9 Å². The van der Waals surface area contributed by atoms with E-state index in [2.05, 4.69) is 39.4 Å². The minimum absolute atomic E-state index is 0.0267. The molecule has 8 nitrogen and oxygen atoms in total. The van der Waals surface area contributed by atoms with Crippen molar-refractivity contribution in [3.8, 4) is 6.07 Å². The summed E-state index contributed by atoms with van der Waals surface area (Å²) in [6.45, 7) is 9.50. The molecule has 1 N–H and O–H groups in total. The lowest BCUT2D eigenvalue weighted by molar-refractivity contribution is -0.122. The number of benzene rings is 1. The Hall–Kier alpha value is -3.31. The van der Waals surface area contributed by atoms with Crippen LogP contribution < -0.4 is 4.90 Å². The van der Waals surface area contributed by atoms with Gasteiger partial charge < -0.3 is 9.67 Å². The fourth-order valence-electron chi connectivity index (χ4n) is 5.88. The van der Waals surface area contributed by atoms with Crippen molar-refractivity contribution in [2.75, 3.05) is 11.4 Å². The molecule has 1 amide bonds. The Morgan fingerprint density at radius 1 is 1.17 bits per heavy atom. The maximum atomic E-state index is 12.9. The van der Waals surface area contributed by atoms with Crippen molar-refractivity contribution in [2.24, 2.45) is 16.7 Å². The molecule has 1 saturated heterocycles. The summed E-state index contributed by atoms with van der Waals surface area (Å²) in [6.07, 6.45) is 9.61.